The molecule has 0 radical (unpaired) electrons. The van der Waals surface area contributed by atoms with Crippen molar-refractivity contribution in [1.82, 2.24) is 9.97 Å². The van der Waals surface area contributed by atoms with E-state index >= 15 is 0 Å². The minimum Gasteiger partial charge on any atom is -0.454 e. The van der Waals surface area contributed by atoms with Crippen molar-refractivity contribution in [2.45, 2.75) is 13.1 Å². The van der Waals surface area contributed by atoms with Crippen LogP contribution in [0.1, 0.15) is 21.7 Å². The fourth-order valence-corrected chi connectivity index (χ4v) is 3.36. The number of carbonyl (C=O) groups is 1. The molecule has 0 saturated heterocycles. The summed E-state index contributed by atoms with van der Waals surface area (Å²) in [7, 11) is 0. The van der Waals surface area contributed by atoms with Crippen LogP contribution in [0.2, 0.25) is 0 Å². The van der Waals surface area contributed by atoms with Crippen molar-refractivity contribution in [2.75, 3.05) is 12.1 Å². The van der Waals surface area contributed by atoms with Crippen LogP contribution in [-0.4, -0.2) is 22.7 Å². The second kappa shape index (κ2) is 6.79. The van der Waals surface area contributed by atoms with Gasteiger partial charge in [0, 0.05) is 10.9 Å². The number of hydrogen-bond donors (Lipinski definition) is 1. The summed E-state index contributed by atoms with van der Waals surface area (Å²) in [6, 6.07) is 7.26. The molecule has 0 saturated carbocycles. The number of carbonyl (C=O) groups excluding carboxylic acids is 1. The number of hydrogen-bond acceptors (Lipinski definition) is 6. The van der Waals surface area contributed by atoms with Gasteiger partial charge < -0.3 is 9.47 Å². The predicted octanol–water partition coefficient (Wildman–Crippen LogP) is 4.51. The summed E-state index contributed by atoms with van der Waals surface area (Å²) in [5, 5.41) is 4.66. The Hall–Kier alpha value is -3.14. The van der Waals surface area contributed by atoms with Gasteiger partial charge >= 0.3 is 6.18 Å². The van der Waals surface area contributed by atoms with Gasteiger partial charge in [-0.15, -0.1) is 11.3 Å². The van der Waals surface area contributed by atoms with Gasteiger partial charge in [-0.3, -0.25) is 10.1 Å². The molecule has 0 fully saturated rings. The van der Waals surface area contributed by atoms with Gasteiger partial charge in [-0.05, 0) is 37.3 Å². The first-order valence-electron chi connectivity index (χ1n) is 8.03. The largest absolute Gasteiger partial charge is 0.454 e. The molecule has 0 unspecified atom stereocenters. The number of anilines is 1. The summed E-state index contributed by atoms with van der Waals surface area (Å²) in [6.45, 7) is 1.52. The van der Waals surface area contributed by atoms with Crippen LogP contribution >= 0.6 is 11.3 Å². The fourth-order valence-electron chi connectivity index (χ4n) is 2.64. The van der Waals surface area contributed by atoms with Gasteiger partial charge in [-0.2, -0.15) is 13.2 Å². The van der Waals surface area contributed by atoms with Crippen LogP contribution in [0.4, 0.5) is 18.3 Å². The van der Waals surface area contributed by atoms with Crippen LogP contribution in [0.5, 0.6) is 11.5 Å². The highest BCUT2D eigenvalue weighted by Gasteiger charge is 2.33. The molecule has 0 aliphatic carbocycles. The van der Waals surface area contributed by atoms with Crippen LogP contribution in [-0.2, 0) is 6.18 Å². The Morgan fingerprint density at radius 3 is 2.68 bits per heavy atom. The second-order valence-electron chi connectivity index (χ2n) is 5.89. The number of halogens is 3. The third-order valence-corrected chi connectivity index (χ3v) is 4.77. The first-order valence-corrected chi connectivity index (χ1v) is 8.91. The predicted molar refractivity (Wildman–Crippen MR) is 95.6 cm³/mol. The number of nitrogens with one attached hydrogen (secondary N) is 1. The molecular weight excluding hydrogens is 395 g/mol. The molecule has 3 aromatic rings. The number of nitrogens with zero attached hydrogens (tertiary/aromatic N) is 2. The van der Waals surface area contributed by atoms with Gasteiger partial charge in [0.1, 0.15) is 5.69 Å². The molecule has 4 rings (SSSR count). The van der Waals surface area contributed by atoms with E-state index in [2.05, 4.69) is 15.3 Å². The van der Waals surface area contributed by atoms with Crippen molar-refractivity contribution in [3.8, 4) is 22.8 Å². The lowest BCUT2D eigenvalue weighted by Gasteiger charge is -2.09. The minimum atomic E-state index is -4.56. The third-order valence-electron chi connectivity index (χ3n) is 4.01. The maximum atomic E-state index is 12.7. The molecule has 3 heterocycles. The first-order chi connectivity index (χ1) is 13.3. The summed E-state index contributed by atoms with van der Waals surface area (Å²) >= 11 is 1.20. The van der Waals surface area contributed by atoms with Gasteiger partial charge in [0.25, 0.3) is 5.91 Å². The lowest BCUT2D eigenvalue weighted by molar-refractivity contribution is -0.141. The molecule has 2 aromatic heterocycles. The first kappa shape index (κ1) is 18.2. The molecule has 1 amide bonds. The van der Waals surface area contributed by atoms with Crippen molar-refractivity contribution < 1.29 is 27.4 Å². The number of amides is 1. The van der Waals surface area contributed by atoms with E-state index in [0.29, 0.717) is 22.3 Å². The maximum absolute atomic E-state index is 12.7. The molecule has 28 heavy (non-hydrogen) atoms. The number of thiazole rings is 1. The third kappa shape index (κ3) is 3.50. The Bertz CT molecular complexity index is 1070. The minimum absolute atomic E-state index is 0.0140. The summed E-state index contributed by atoms with van der Waals surface area (Å²) in [6.07, 6.45) is -4.56. The normalized spacial score (nSPS) is 12.9. The van der Waals surface area contributed by atoms with Crippen molar-refractivity contribution >= 4 is 22.4 Å². The van der Waals surface area contributed by atoms with E-state index in [0.717, 1.165) is 17.7 Å². The zero-order chi connectivity index (χ0) is 19.9. The Labute approximate surface area is 161 Å². The number of aryl methyl sites for hydroxylation is 1. The molecular formula is C18H12F3N3O3S. The molecule has 0 spiro atoms. The highest BCUT2D eigenvalue weighted by molar-refractivity contribution is 7.14. The zero-order valence-electron chi connectivity index (χ0n) is 14.3. The van der Waals surface area contributed by atoms with Crippen molar-refractivity contribution in [2.24, 2.45) is 0 Å². The van der Waals surface area contributed by atoms with E-state index in [1.807, 2.05) is 6.07 Å². The average molecular weight is 407 g/mol. The summed E-state index contributed by atoms with van der Waals surface area (Å²) in [5.74, 6) is 0.686. The monoisotopic (exact) mass is 407 g/mol. The number of alkyl halides is 3. The molecule has 1 N–H and O–H groups in total. The summed E-state index contributed by atoms with van der Waals surface area (Å²) in [5.41, 5.74) is 0.405. The summed E-state index contributed by atoms with van der Waals surface area (Å²) in [4.78, 5) is 20.2. The van der Waals surface area contributed by atoms with Crippen molar-refractivity contribution in [1.29, 1.82) is 0 Å². The topological polar surface area (TPSA) is 73.3 Å². The van der Waals surface area contributed by atoms with Crippen LogP contribution in [0.25, 0.3) is 11.3 Å². The molecule has 1 aromatic carbocycles. The number of pyridine rings is 1. The Morgan fingerprint density at radius 2 is 1.93 bits per heavy atom. The van der Waals surface area contributed by atoms with Gasteiger partial charge in [0.15, 0.2) is 16.6 Å². The Morgan fingerprint density at radius 1 is 1.14 bits per heavy atom. The SMILES string of the molecule is Cc1nc(C(F)(F)F)ccc1C(=O)Nc1nc(-c2ccc3c(c2)OCO3)cs1. The molecule has 6 nitrogen and oxygen atoms in total. The van der Waals surface area contributed by atoms with Crippen LogP contribution in [0.15, 0.2) is 35.7 Å². The van der Waals surface area contributed by atoms with E-state index in [9.17, 15) is 18.0 Å². The average Bonchev–Trinajstić information content (AvgIpc) is 3.29. The smallest absolute Gasteiger partial charge is 0.433 e. The van der Waals surface area contributed by atoms with Gasteiger partial charge in [0.2, 0.25) is 6.79 Å². The standard InChI is InChI=1S/C18H12F3N3O3S/c1-9-11(3-5-15(22-9)18(19,20)21)16(25)24-17-23-12(7-28-17)10-2-4-13-14(6-10)27-8-26-13/h2-7H,8H2,1H3,(H,23,24,25). The van der Waals surface area contributed by atoms with Gasteiger partial charge in [0.05, 0.1) is 17.0 Å². The number of aromatic nitrogens is 2. The van der Waals surface area contributed by atoms with Crippen LogP contribution in [0, 0.1) is 6.92 Å². The lowest BCUT2D eigenvalue weighted by Crippen LogP contribution is -2.16. The lowest BCUT2D eigenvalue weighted by atomic mass is 10.1. The molecule has 144 valence electrons. The molecule has 0 atom stereocenters. The Kier molecular flexibility index (Phi) is 4.42. The van der Waals surface area contributed by atoms with Crippen LogP contribution in [0.3, 0.4) is 0 Å². The molecule has 0 bridgehead atoms. The molecule has 1 aliphatic heterocycles. The second-order valence-corrected chi connectivity index (χ2v) is 6.75. The van der Waals surface area contributed by atoms with Gasteiger partial charge in [-0.1, -0.05) is 0 Å². The van der Waals surface area contributed by atoms with E-state index in [1.54, 1.807) is 17.5 Å². The van der Waals surface area contributed by atoms with Crippen molar-refractivity contribution in [3.63, 3.8) is 0 Å². The molecule has 1 aliphatic rings. The van der Waals surface area contributed by atoms with E-state index in [1.165, 1.54) is 18.3 Å². The maximum Gasteiger partial charge on any atom is 0.433 e. The van der Waals surface area contributed by atoms with E-state index in [-0.39, 0.29) is 18.1 Å². The number of fused-ring (bicyclic) bond motifs is 1. The number of ether oxygens (including phenoxy) is 2. The van der Waals surface area contributed by atoms with E-state index in [4.69, 9.17) is 9.47 Å². The summed E-state index contributed by atoms with van der Waals surface area (Å²) < 4.78 is 48.7. The quantitative estimate of drug-likeness (QED) is 0.692. The van der Waals surface area contributed by atoms with Crippen molar-refractivity contribution in [3.05, 3.63) is 52.7 Å². The van der Waals surface area contributed by atoms with Crippen LogP contribution < -0.4 is 14.8 Å². The highest BCUT2D eigenvalue weighted by atomic mass is 32.1. The van der Waals surface area contributed by atoms with E-state index < -0.39 is 17.8 Å². The highest BCUT2D eigenvalue weighted by Crippen LogP contribution is 2.36. The Balaban J connectivity index is 1.52. The van der Waals surface area contributed by atoms with Gasteiger partial charge in [-0.25, -0.2) is 9.97 Å². The molecule has 10 heteroatoms. The fraction of sp³-hybridized carbons (Fsp3) is 0.167. The zero-order valence-corrected chi connectivity index (χ0v) is 15.1. The number of benzene rings is 1. The number of rotatable bonds is 3.